The Hall–Kier alpha value is -2.54. The minimum atomic E-state index is -0.493. The van der Waals surface area contributed by atoms with Crippen LogP contribution in [0.2, 0.25) is 0 Å². The van der Waals surface area contributed by atoms with Gasteiger partial charge in [-0.2, -0.15) is 0 Å². The minimum Gasteiger partial charge on any atom is -0.444 e. The summed E-state index contributed by atoms with van der Waals surface area (Å²) in [6.07, 6.45) is -0.247. The van der Waals surface area contributed by atoms with Crippen LogP contribution < -0.4 is 4.90 Å². The van der Waals surface area contributed by atoms with Crippen molar-refractivity contribution in [2.24, 2.45) is 0 Å². The summed E-state index contributed by atoms with van der Waals surface area (Å²) < 4.78 is 8.93. The van der Waals surface area contributed by atoms with Gasteiger partial charge in [-0.3, -0.25) is 0 Å². The van der Waals surface area contributed by atoms with Crippen LogP contribution in [-0.4, -0.2) is 51.8 Å². The molecular formula is C24H29BrN4O2. The van der Waals surface area contributed by atoms with Crippen molar-refractivity contribution in [2.45, 2.75) is 45.9 Å². The third-order valence-corrected chi connectivity index (χ3v) is 5.96. The van der Waals surface area contributed by atoms with Gasteiger partial charge in [-0.15, -0.1) is 0 Å². The highest BCUT2D eigenvalue weighted by molar-refractivity contribution is 9.10. The molecule has 0 spiro atoms. The van der Waals surface area contributed by atoms with Crippen LogP contribution in [0.3, 0.4) is 0 Å². The zero-order valence-electron chi connectivity index (χ0n) is 18.5. The number of hydrogen-bond acceptors (Lipinski definition) is 4. The number of para-hydroxylation sites is 2. The number of anilines is 1. The summed E-state index contributed by atoms with van der Waals surface area (Å²) in [5.41, 5.74) is 2.82. The van der Waals surface area contributed by atoms with Crippen LogP contribution in [0.15, 0.2) is 53.0 Å². The van der Waals surface area contributed by atoms with E-state index in [0.29, 0.717) is 19.6 Å². The lowest BCUT2D eigenvalue weighted by molar-refractivity contribution is 0.0158. The normalized spacial score (nSPS) is 17.3. The van der Waals surface area contributed by atoms with Gasteiger partial charge >= 0.3 is 6.09 Å². The molecule has 1 aliphatic rings. The van der Waals surface area contributed by atoms with E-state index in [1.54, 1.807) is 0 Å². The van der Waals surface area contributed by atoms with Gasteiger partial charge in [0.15, 0.2) is 0 Å². The molecule has 0 aliphatic carbocycles. The summed E-state index contributed by atoms with van der Waals surface area (Å²) >= 11 is 3.51. The number of imidazole rings is 1. The topological polar surface area (TPSA) is 50.6 Å². The number of halogens is 1. The average molecular weight is 485 g/mol. The number of amides is 1. The van der Waals surface area contributed by atoms with E-state index >= 15 is 0 Å². The number of nitrogens with zero attached hydrogens (tertiary/aromatic N) is 4. The summed E-state index contributed by atoms with van der Waals surface area (Å²) in [5.74, 6) is 0.944. The molecular weight excluding hydrogens is 456 g/mol. The Bertz CT molecular complexity index is 1070. The van der Waals surface area contributed by atoms with Crippen molar-refractivity contribution < 1.29 is 9.53 Å². The van der Waals surface area contributed by atoms with Crippen LogP contribution in [0.5, 0.6) is 0 Å². The van der Waals surface area contributed by atoms with Gasteiger partial charge < -0.3 is 19.1 Å². The molecule has 7 heteroatoms. The quantitative estimate of drug-likeness (QED) is 0.506. The predicted octanol–water partition coefficient (Wildman–Crippen LogP) is 5.29. The standard InChI is InChI=1S/C24H29BrN4O2/c1-17-15-27(13-14-28(17)23(30)31-24(2,3)4)22-26-20-7-5-6-8-21(20)29(22)16-18-9-11-19(25)12-10-18/h5-12,17H,13-16H2,1-4H3. The van der Waals surface area contributed by atoms with Gasteiger partial charge in [0.25, 0.3) is 0 Å². The van der Waals surface area contributed by atoms with Crippen LogP contribution >= 0.6 is 15.9 Å². The Morgan fingerprint density at radius 1 is 1.13 bits per heavy atom. The fourth-order valence-electron chi connectivity index (χ4n) is 3.96. The van der Waals surface area contributed by atoms with E-state index in [4.69, 9.17) is 9.72 Å². The average Bonchev–Trinajstić information content (AvgIpc) is 3.07. The highest BCUT2D eigenvalue weighted by atomic mass is 79.9. The number of piperazine rings is 1. The first-order valence-corrected chi connectivity index (χ1v) is 11.4. The van der Waals surface area contributed by atoms with E-state index in [2.05, 4.69) is 74.8 Å². The first-order valence-electron chi connectivity index (χ1n) is 10.7. The molecule has 1 aliphatic heterocycles. The number of ether oxygens (including phenoxy) is 1. The Morgan fingerprint density at radius 3 is 2.52 bits per heavy atom. The van der Waals surface area contributed by atoms with Crippen molar-refractivity contribution in [3.8, 4) is 0 Å². The van der Waals surface area contributed by atoms with Gasteiger partial charge in [-0.05, 0) is 57.5 Å². The second-order valence-electron chi connectivity index (χ2n) is 9.08. The third kappa shape index (κ3) is 4.87. The zero-order valence-corrected chi connectivity index (χ0v) is 20.1. The molecule has 0 saturated carbocycles. The molecule has 0 N–H and O–H groups in total. The fraction of sp³-hybridized carbons (Fsp3) is 0.417. The number of benzene rings is 2. The van der Waals surface area contributed by atoms with Gasteiger partial charge in [-0.1, -0.05) is 40.2 Å². The lowest BCUT2D eigenvalue weighted by atomic mass is 10.2. The van der Waals surface area contributed by atoms with E-state index in [1.807, 2.05) is 31.7 Å². The number of hydrogen-bond donors (Lipinski definition) is 0. The molecule has 3 aromatic rings. The van der Waals surface area contributed by atoms with E-state index in [9.17, 15) is 4.79 Å². The summed E-state index contributed by atoms with van der Waals surface area (Å²) in [7, 11) is 0. The lowest BCUT2D eigenvalue weighted by Gasteiger charge is -2.40. The van der Waals surface area contributed by atoms with Crippen molar-refractivity contribution >= 4 is 39.0 Å². The maximum Gasteiger partial charge on any atom is 0.410 e. The lowest BCUT2D eigenvalue weighted by Crippen LogP contribution is -2.55. The molecule has 2 heterocycles. The fourth-order valence-corrected chi connectivity index (χ4v) is 4.23. The van der Waals surface area contributed by atoms with E-state index < -0.39 is 5.60 Å². The second kappa shape index (κ2) is 8.54. The monoisotopic (exact) mass is 484 g/mol. The minimum absolute atomic E-state index is 0.0320. The van der Waals surface area contributed by atoms with E-state index in [1.165, 1.54) is 5.56 Å². The third-order valence-electron chi connectivity index (χ3n) is 5.43. The van der Waals surface area contributed by atoms with Crippen molar-refractivity contribution in [3.05, 3.63) is 58.6 Å². The molecule has 1 atom stereocenters. The molecule has 1 aromatic heterocycles. The number of aromatic nitrogens is 2. The zero-order chi connectivity index (χ0) is 22.2. The summed E-state index contributed by atoms with van der Waals surface area (Å²) in [5, 5.41) is 0. The summed E-state index contributed by atoms with van der Waals surface area (Å²) in [6.45, 7) is 10.5. The highest BCUT2D eigenvalue weighted by Gasteiger charge is 2.32. The van der Waals surface area contributed by atoms with Crippen LogP contribution in [-0.2, 0) is 11.3 Å². The first kappa shape index (κ1) is 21.7. The maximum absolute atomic E-state index is 12.6. The molecule has 1 unspecified atom stereocenters. The number of carbonyl (C=O) groups excluding carboxylic acids is 1. The number of fused-ring (bicyclic) bond motifs is 1. The summed E-state index contributed by atoms with van der Waals surface area (Å²) in [4.78, 5) is 21.7. The molecule has 6 nitrogen and oxygen atoms in total. The van der Waals surface area contributed by atoms with Crippen LogP contribution in [0.25, 0.3) is 11.0 Å². The smallest absolute Gasteiger partial charge is 0.410 e. The number of carbonyl (C=O) groups is 1. The predicted molar refractivity (Wildman–Crippen MR) is 128 cm³/mol. The molecule has 0 bridgehead atoms. The van der Waals surface area contributed by atoms with Crippen molar-refractivity contribution in [1.82, 2.24) is 14.5 Å². The molecule has 164 valence electrons. The molecule has 4 rings (SSSR count). The van der Waals surface area contributed by atoms with Crippen molar-refractivity contribution in [1.29, 1.82) is 0 Å². The van der Waals surface area contributed by atoms with Crippen LogP contribution in [0, 0.1) is 0 Å². The number of rotatable bonds is 3. The largest absolute Gasteiger partial charge is 0.444 e. The first-order chi connectivity index (χ1) is 14.7. The second-order valence-corrected chi connectivity index (χ2v) is 10.00. The molecule has 1 saturated heterocycles. The van der Waals surface area contributed by atoms with Gasteiger partial charge in [0.1, 0.15) is 5.60 Å². The van der Waals surface area contributed by atoms with Gasteiger partial charge in [-0.25, -0.2) is 9.78 Å². The molecule has 2 aromatic carbocycles. The molecule has 0 radical (unpaired) electrons. The SMILES string of the molecule is CC1CN(c2nc3ccccc3n2Cc2ccc(Br)cc2)CCN1C(=O)OC(C)(C)C. The molecule has 1 fully saturated rings. The van der Waals surface area contributed by atoms with E-state index in [-0.39, 0.29) is 12.1 Å². The van der Waals surface area contributed by atoms with Crippen LogP contribution in [0.1, 0.15) is 33.3 Å². The Labute approximate surface area is 191 Å². The summed E-state index contributed by atoms with van der Waals surface area (Å²) in [6, 6.07) is 16.7. The maximum atomic E-state index is 12.6. The van der Waals surface area contributed by atoms with E-state index in [0.717, 1.165) is 28.0 Å². The van der Waals surface area contributed by atoms with Crippen molar-refractivity contribution in [2.75, 3.05) is 24.5 Å². The highest BCUT2D eigenvalue weighted by Crippen LogP contribution is 2.27. The van der Waals surface area contributed by atoms with Gasteiger partial charge in [0, 0.05) is 30.1 Å². The Balaban J connectivity index is 1.60. The van der Waals surface area contributed by atoms with Crippen molar-refractivity contribution in [3.63, 3.8) is 0 Å². The molecule has 31 heavy (non-hydrogen) atoms. The van der Waals surface area contributed by atoms with Gasteiger partial charge in [0.05, 0.1) is 17.6 Å². The Morgan fingerprint density at radius 2 is 1.84 bits per heavy atom. The van der Waals surface area contributed by atoms with Gasteiger partial charge in [0.2, 0.25) is 5.95 Å². The Kier molecular flexibility index (Phi) is 5.97. The van der Waals surface area contributed by atoms with Crippen LogP contribution in [0.4, 0.5) is 10.7 Å². The molecule has 1 amide bonds.